The number of hydrogen-bond donors (Lipinski definition) is 0. The molecule has 2 aromatic heterocycles. The summed E-state index contributed by atoms with van der Waals surface area (Å²) in [5.74, 6) is 0.555. The summed E-state index contributed by atoms with van der Waals surface area (Å²) in [5, 5.41) is 4.61. The molecule has 1 fully saturated rings. The summed E-state index contributed by atoms with van der Waals surface area (Å²) >= 11 is 0. The van der Waals surface area contributed by atoms with E-state index in [1.165, 1.54) is 0 Å². The van der Waals surface area contributed by atoms with Crippen molar-refractivity contribution in [3.8, 4) is 11.4 Å². The Balaban J connectivity index is 1.77. The maximum absolute atomic E-state index is 13.2. The van der Waals surface area contributed by atoms with Crippen LogP contribution in [0.15, 0.2) is 59.7 Å². The van der Waals surface area contributed by atoms with Crippen LogP contribution in [0.4, 0.5) is 0 Å². The minimum absolute atomic E-state index is 0.164. The summed E-state index contributed by atoms with van der Waals surface area (Å²) in [6.07, 6.45) is 3.73. The van der Waals surface area contributed by atoms with Crippen LogP contribution in [0.2, 0.25) is 0 Å². The quantitative estimate of drug-likeness (QED) is 0.678. The first kappa shape index (κ1) is 18.5. The second-order valence-electron chi connectivity index (χ2n) is 6.82. The van der Waals surface area contributed by atoms with Crippen molar-refractivity contribution in [2.24, 2.45) is 0 Å². The smallest absolute Gasteiger partial charge is 0.290 e. The third kappa shape index (κ3) is 4.00. The van der Waals surface area contributed by atoms with Gasteiger partial charge in [-0.05, 0) is 18.6 Å². The average molecular weight is 377 g/mol. The molecule has 0 radical (unpaired) electrons. The van der Waals surface area contributed by atoms with Crippen LogP contribution in [-0.4, -0.2) is 51.0 Å². The van der Waals surface area contributed by atoms with Crippen LogP contribution in [0.3, 0.4) is 0 Å². The van der Waals surface area contributed by atoms with E-state index in [0.29, 0.717) is 31.2 Å². The number of pyridine rings is 1. The van der Waals surface area contributed by atoms with Crippen molar-refractivity contribution < 1.29 is 4.74 Å². The molecule has 0 aliphatic carbocycles. The van der Waals surface area contributed by atoms with Gasteiger partial charge in [0.25, 0.3) is 5.56 Å². The fourth-order valence-corrected chi connectivity index (χ4v) is 3.36. The first-order chi connectivity index (χ1) is 13.7. The van der Waals surface area contributed by atoms with Crippen molar-refractivity contribution >= 4 is 0 Å². The highest BCUT2D eigenvalue weighted by Gasteiger charge is 2.23. The van der Waals surface area contributed by atoms with Crippen molar-refractivity contribution in [3.05, 3.63) is 76.5 Å². The first-order valence-corrected chi connectivity index (χ1v) is 9.48. The third-order valence-electron chi connectivity index (χ3n) is 4.95. The van der Waals surface area contributed by atoms with Crippen molar-refractivity contribution in [2.75, 3.05) is 26.3 Å². The zero-order chi connectivity index (χ0) is 19.3. The maximum Gasteiger partial charge on any atom is 0.290 e. The fraction of sp³-hybridized carbons (Fsp3) is 0.333. The molecule has 0 bridgehead atoms. The lowest BCUT2D eigenvalue weighted by atomic mass is 10.1. The van der Waals surface area contributed by atoms with E-state index in [-0.39, 0.29) is 11.7 Å². The molecule has 1 aromatic carbocycles. The predicted molar refractivity (Wildman–Crippen MR) is 106 cm³/mol. The first-order valence-electron chi connectivity index (χ1n) is 9.48. The Kier molecular flexibility index (Phi) is 5.55. The molecule has 28 heavy (non-hydrogen) atoms. The fourth-order valence-electron chi connectivity index (χ4n) is 3.36. The largest absolute Gasteiger partial charge is 0.379 e. The van der Waals surface area contributed by atoms with Gasteiger partial charge in [0.15, 0.2) is 5.82 Å². The van der Waals surface area contributed by atoms with E-state index in [1.54, 1.807) is 17.1 Å². The maximum atomic E-state index is 13.2. The van der Waals surface area contributed by atoms with Gasteiger partial charge in [-0.2, -0.15) is 0 Å². The lowest BCUT2D eigenvalue weighted by Crippen LogP contribution is -2.44. The van der Waals surface area contributed by atoms with Gasteiger partial charge >= 0.3 is 0 Å². The molecule has 0 amide bonds. The van der Waals surface area contributed by atoms with Gasteiger partial charge in [-0.25, -0.2) is 9.67 Å². The summed E-state index contributed by atoms with van der Waals surface area (Å²) in [6.45, 7) is 4.88. The molecule has 0 N–H and O–H groups in total. The van der Waals surface area contributed by atoms with Crippen LogP contribution in [-0.2, 0) is 11.2 Å². The van der Waals surface area contributed by atoms with Crippen LogP contribution >= 0.6 is 0 Å². The normalized spacial score (nSPS) is 16.0. The molecule has 7 heteroatoms. The molecule has 144 valence electrons. The Morgan fingerprint density at radius 2 is 1.89 bits per heavy atom. The number of nitrogens with zero attached hydrogens (tertiary/aromatic N) is 5. The van der Waals surface area contributed by atoms with Gasteiger partial charge in [0.1, 0.15) is 11.9 Å². The standard InChI is InChI=1S/C21H23N5O2/c1-16(25-10-12-28-13-11-25)26-21(27)19(14-17-6-5-9-22-15-17)23-20(24-26)18-7-3-2-4-8-18/h2-9,15-16H,10-14H2,1H3. The van der Waals surface area contributed by atoms with E-state index in [4.69, 9.17) is 4.74 Å². The summed E-state index contributed by atoms with van der Waals surface area (Å²) in [7, 11) is 0. The summed E-state index contributed by atoms with van der Waals surface area (Å²) in [6, 6.07) is 13.6. The molecule has 0 spiro atoms. The van der Waals surface area contributed by atoms with Crippen molar-refractivity contribution in [3.63, 3.8) is 0 Å². The van der Waals surface area contributed by atoms with Crippen LogP contribution < -0.4 is 5.56 Å². The number of hydrogen-bond acceptors (Lipinski definition) is 6. The van der Waals surface area contributed by atoms with E-state index in [2.05, 4.69) is 20.0 Å². The molecule has 7 nitrogen and oxygen atoms in total. The number of morpholine rings is 1. The van der Waals surface area contributed by atoms with E-state index >= 15 is 0 Å². The monoisotopic (exact) mass is 377 g/mol. The Morgan fingerprint density at radius 3 is 2.61 bits per heavy atom. The minimum atomic E-state index is -0.172. The molecular formula is C21H23N5O2. The molecular weight excluding hydrogens is 354 g/mol. The third-order valence-corrected chi connectivity index (χ3v) is 4.95. The Morgan fingerprint density at radius 1 is 1.11 bits per heavy atom. The molecule has 3 heterocycles. The van der Waals surface area contributed by atoms with Crippen LogP contribution in [0.1, 0.15) is 24.3 Å². The number of benzene rings is 1. The SMILES string of the molecule is CC(N1CCOCC1)n1nc(-c2ccccc2)nc(Cc2cccnc2)c1=O. The molecule has 1 aliphatic heterocycles. The highest BCUT2D eigenvalue weighted by Crippen LogP contribution is 2.17. The van der Waals surface area contributed by atoms with Gasteiger partial charge in [0, 0.05) is 37.5 Å². The van der Waals surface area contributed by atoms with Crippen LogP contribution in [0.5, 0.6) is 0 Å². The highest BCUT2D eigenvalue weighted by molar-refractivity contribution is 5.53. The van der Waals surface area contributed by atoms with Gasteiger partial charge in [-0.3, -0.25) is 14.7 Å². The molecule has 0 saturated carbocycles. The van der Waals surface area contributed by atoms with Gasteiger partial charge in [-0.1, -0.05) is 36.4 Å². The van der Waals surface area contributed by atoms with Gasteiger partial charge in [0.05, 0.1) is 13.2 Å². The highest BCUT2D eigenvalue weighted by atomic mass is 16.5. The van der Waals surface area contributed by atoms with E-state index < -0.39 is 0 Å². The molecule has 1 aliphatic rings. The predicted octanol–water partition coefficient (Wildman–Crippen LogP) is 2.14. The lowest BCUT2D eigenvalue weighted by molar-refractivity contribution is -0.000958. The number of ether oxygens (including phenoxy) is 1. The number of rotatable bonds is 5. The lowest BCUT2D eigenvalue weighted by Gasteiger charge is -2.32. The van der Waals surface area contributed by atoms with Gasteiger partial charge in [0.2, 0.25) is 0 Å². The molecule has 3 aromatic rings. The Hall–Kier alpha value is -2.90. The Labute approximate surface area is 163 Å². The van der Waals surface area contributed by atoms with Gasteiger partial charge in [-0.15, -0.1) is 5.10 Å². The van der Waals surface area contributed by atoms with Crippen LogP contribution in [0.25, 0.3) is 11.4 Å². The number of aromatic nitrogens is 4. The van der Waals surface area contributed by atoms with Crippen LogP contribution in [0, 0.1) is 0 Å². The zero-order valence-electron chi connectivity index (χ0n) is 15.9. The average Bonchev–Trinajstić information content (AvgIpc) is 2.76. The van der Waals surface area contributed by atoms with E-state index in [1.807, 2.05) is 49.4 Å². The summed E-state index contributed by atoms with van der Waals surface area (Å²) in [4.78, 5) is 24.2. The second-order valence-corrected chi connectivity index (χ2v) is 6.82. The van der Waals surface area contributed by atoms with Crippen molar-refractivity contribution in [2.45, 2.75) is 19.5 Å². The molecule has 1 saturated heterocycles. The topological polar surface area (TPSA) is 73.1 Å². The van der Waals surface area contributed by atoms with Gasteiger partial charge < -0.3 is 4.74 Å². The molecule has 1 unspecified atom stereocenters. The van der Waals surface area contributed by atoms with Crippen molar-refractivity contribution in [1.82, 2.24) is 24.6 Å². The minimum Gasteiger partial charge on any atom is -0.379 e. The summed E-state index contributed by atoms with van der Waals surface area (Å²) < 4.78 is 7.00. The molecule has 4 rings (SSSR count). The summed E-state index contributed by atoms with van der Waals surface area (Å²) in [5.41, 5.74) is 2.14. The second kappa shape index (κ2) is 8.41. The molecule has 1 atom stereocenters. The zero-order valence-corrected chi connectivity index (χ0v) is 15.9. The Bertz CT molecular complexity index is 969. The van der Waals surface area contributed by atoms with E-state index in [0.717, 1.165) is 24.2 Å². The van der Waals surface area contributed by atoms with E-state index in [9.17, 15) is 4.79 Å². The van der Waals surface area contributed by atoms with Crippen molar-refractivity contribution in [1.29, 1.82) is 0 Å².